The first kappa shape index (κ1) is 13.5. The molecule has 0 nitrogen and oxygen atoms in total. The van der Waals surface area contributed by atoms with Crippen LogP contribution in [-0.2, 0) is 10.9 Å². The van der Waals surface area contributed by atoms with E-state index in [0.717, 1.165) is 5.92 Å². The van der Waals surface area contributed by atoms with Gasteiger partial charge in [-0.05, 0) is 44.4 Å². The Kier molecular flexibility index (Phi) is 4.34. The lowest BCUT2D eigenvalue weighted by Gasteiger charge is -2.29. The SMILES string of the molecule is CC1=CC=C2C(C1)C[S+]2C.Cc1ccccc1C. The predicted molar refractivity (Wildman–Crippen MR) is 84.0 cm³/mol. The molecule has 0 spiro atoms. The third-order valence-electron chi connectivity index (χ3n) is 3.78. The van der Waals surface area contributed by atoms with Crippen molar-refractivity contribution in [3.05, 3.63) is 58.0 Å². The fourth-order valence-electron chi connectivity index (χ4n) is 2.42. The number of hydrogen-bond donors (Lipinski definition) is 0. The van der Waals surface area contributed by atoms with Crippen LogP contribution >= 0.6 is 0 Å². The highest BCUT2D eigenvalue weighted by Gasteiger charge is 2.42. The minimum absolute atomic E-state index is 0.643. The van der Waals surface area contributed by atoms with Crippen LogP contribution in [-0.4, -0.2) is 12.0 Å². The summed E-state index contributed by atoms with van der Waals surface area (Å²) >= 11 is 0. The average molecular weight is 259 g/mol. The number of benzene rings is 1. The minimum atomic E-state index is 0.643. The molecule has 1 heteroatoms. The molecule has 1 aromatic rings. The van der Waals surface area contributed by atoms with Gasteiger partial charge in [0.15, 0.2) is 0 Å². The van der Waals surface area contributed by atoms with Gasteiger partial charge in [-0.25, -0.2) is 0 Å². The van der Waals surface area contributed by atoms with Crippen LogP contribution in [0.25, 0.3) is 0 Å². The number of fused-ring (bicyclic) bond motifs is 1. The summed E-state index contributed by atoms with van der Waals surface area (Å²) in [4.78, 5) is 1.73. The van der Waals surface area contributed by atoms with Crippen LogP contribution in [0.4, 0.5) is 0 Å². The zero-order valence-corrected chi connectivity index (χ0v) is 12.7. The van der Waals surface area contributed by atoms with Crippen LogP contribution in [0.2, 0.25) is 0 Å². The van der Waals surface area contributed by atoms with Crippen LogP contribution in [0.15, 0.2) is 46.9 Å². The molecular formula is C17H23S+. The zero-order chi connectivity index (χ0) is 13.1. The topological polar surface area (TPSA) is 0 Å². The lowest BCUT2D eigenvalue weighted by Crippen LogP contribution is -2.34. The van der Waals surface area contributed by atoms with Crippen molar-refractivity contribution in [1.29, 1.82) is 0 Å². The monoisotopic (exact) mass is 259 g/mol. The maximum atomic E-state index is 2.36. The van der Waals surface area contributed by atoms with Crippen molar-refractivity contribution in [3.8, 4) is 0 Å². The summed E-state index contributed by atoms with van der Waals surface area (Å²) in [5.41, 5.74) is 4.30. The van der Waals surface area contributed by atoms with Crippen LogP contribution in [0.3, 0.4) is 0 Å². The van der Waals surface area contributed by atoms with Gasteiger partial charge in [0.1, 0.15) is 16.9 Å². The van der Waals surface area contributed by atoms with Crippen molar-refractivity contribution >= 4 is 10.9 Å². The van der Waals surface area contributed by atoms with Gasteiger partial charge in [-0.1, -0.05) is 35.9 Å². The maximum absolute atomic E-state index is 2.36. The Morgan fingerprint density at radius 1 is 1.00 bits per heavy atom. The molecule has 1 aromatic carbocycles. The fraction of sp³-hybridized carbons (Fsp3) is 0.412. The maximum Gasteiger partial charge on any atom is 0.139 e. The molecule has 0 bridgehead atoms. The Balaban J connectivity index is 0.000000138. The number of rotatable bonds is 0. The van der Waals surface area contributed by atoms with Gasteiger partial charge in [-0.3, -0.25) is 0 Å². The molecule has 2 unspecified atom stereocenters. The third-order valence-corrected chi connectivity index (χ3v) is 5.96. The molecule has 0 amide bonds. The van der Waals surface area contributed by atoms with E-state index in [2.05, 4.69) is 63.4 Å². The van der Waals surface area contributed by atoms with Crippen molar-refractivity contribution in [1.82, 2.24) is 0 Å². The number of hydrogen-bond acceptors (Lipinski definition) is 0. The molecule has 3 rings (SSSR count). The second kappa shape index (κ2) is 5.79. The largest absolute Gasteiger partial charge is 0.139 e. The first-order chi connectivity index (χ1) is 8.58. The Morgan fingerprint density at radius 2 is 1.61 bits per heavy atom. The van der Waals surface area contributed by atoms with Gasteiger partial charge in [0.2, 0.25) is 0 Å². The van der Waals surface area contributed by atoms with E-state index in [1.165, 1.54) is 23.3 Å². The summed E-state index contributed by atoms with van der Waals surface area (Å²) in [7, 11) is 0.643. The molecule has 1 aliphatic carbocycles. The Hall–Kier alpha value is -0.950. The van der Waals surface area contributed by atoms with E-state index in [0.29, 0.717) is 10.9 Å². The molecule has 1 aliphatic heterocycles. The highest BCUT2D eigenvalue weighted by molar-refractivity contribution is 8.01. The van der Waals surface area contributed by atoms with E-state index in [4.69, 9.17) is 0 Å². The smallest absolute Gasteiger partial charge is 0.0722 e. The van der Waals surface area contributed by atoms with E-state index in [1.54, 1.807) is 10.5 Å². The van der Waals surface area contributed by atoms with Gasteiger partial charge in [0.05, 0.1) is 5.92 Å². The molecule has 0 saturated carbocycles. The summed E-state index contributed by atoms with van der Waals surface area (Å²) in [5, 5.41) is 0. The molecular weight excluding hydrogens is 236 g/mol. The molecule has 18 heavy (non-hydrogen) atoms. The predicted octanol–water partition coefficient (Wildman–Crippen LogP) is 4.40. The molecule has 2 atom stereocenters. The Morgan fingerprint density at radius 3 is 2.06 bits per heavy atom. The van der Waals surface area contributed by atoms with Crippen molar-refractivity contribution in [2.24, 2.45) is 5.92 Å². The highest BCUT2D eigenvalue weighted by atomic mass is 32.2. The summed E-state index contributed by atoms with van der Waals surface area (Å²) in [5.74, 6) is 2.40. The first-order valence-corrected chi connectivity index (χ1v) is 8.40. The Labute approximate surface area is 114 Å². The number of allylic oxidation sites excluding steroid dienone is 4. The summed E-state index contributed by atoms with van der Waals surface area (Å²) in [6.45, 7) is 6.48. The van der Waals surface area contributed by atoms with Crippen molar-refractivity contribution in [3.63, 3.8) is 0 Å². The van der Waals surface area contributed by atoms with E-state index >= 15 is 0 Å². The van der Waals surface area contributed by atoms with E-state index in [1.807, 2.05) is 0 Å². The minimum Gasteiger partial charge on any atom is -0.0722 e. The van der Waals surface area contributed by atoms with Gasteiger partial charge >= 0.3 is 0 Å². The summed E-state index contributed by atoms with van der Waals surface area (Å²) < 4.78 is 0. The van der Waals surface area contributed by atoms with Gasteiger partial charge in [-0.2, -0.15) is 0 Å². The van der Waals surface area contributed by atoms with Gasteiger partial charge in [0.25, 0.3) is 0 Å². The Bertz CT molecular complexity index is 461. The average Bonchev–Trinajstić information content (AvgIpc) is 2.33. The highest BCUT2D eigenvalue weighted by Crippen LogP contribution is 2.39. The van der Waals surface area contributed by atoms with E-state index in [-0.39, 0.29) is 0 Å². The molecule has 96 valence electrons. The molecule has 1 heterocycles. The van der Waals surface area contributed by atoms with Gasteiger partial charge in [0, 0.05) is 10.9 Å². The molecule has 1 saturated heterocycles. The molecule has 2 aliphatic rings. The summed E-state index contributed by atoms with van der Waals surface area (Å²) in [6, 6.07) is 8.36. The van der Waals surface area contributed by atoms with Crippen LogP contribution in [0, 0.1) is 19.8 Å². The summed E-state index contributed by atoms with van der Waals surface area (Å²) in [6.07, 6.45) is 8.32. The van der Waals surface area contributed by atoms with E-state index in [9.17, 15) is 0 Å². The second-order valence-electron chi connectivity index (χ2n) is 5.37. The first-order valence-electron chi connectivity index (χ1n) is 6.60. The molecule has 0 N–H and O–H groups in total. The quantitative estimate of drug-likeness (QED) is 0.606. The molecule has 0 aromatic heterocycles. The zero-order valence-electron chi connectivity index (χ0n) is 11.9. The normalized spacial score (nSPS) is 24.9. The number of aryl methyl sites for hydroxylation is 2. The van der Waals surface area contributed by atoms with Crippen molar-refractivity contribution in [2.45, 2.75) is 27.2 Å². The van der Waals surface area contributed by atoms with Gasteiger partial charge in [-0.15, -0.1) is 0 Å². The third kappa shape index (κ3) is 3.08. The van der Waals surface area contributed by atoms with Crippen LogP contribution < -0.4 is 0 Å². The van der Waals surface area contributed by atoms with Gasteiger partial charge < -0.3 is 0 Å². The van der Waals surface area contributed by atoms with Crippen molar-refractivity contribution in [2.75, 3.05) is 12.0 Å². The van der Waals surface area contributed by atoms with E-state index < -0.39 is 0 Å². The fourth-order valence-corrected chi connectivity index (χ4v) is 4.25. The lowest BCUT2D eigenvalue weighted by atomic mass is 9.96. The van der Waals surface area contributed by atoms with Crippen molar-refractivity contribution < 1.29 is 0 Å². The lowest BCUT2D eigenvalue weighted by molar-refractivity contribution is 0.674. The second-order valence-corrected chi connectivity index (χ2v) is 7.45. The standard InChI is InChI=1S/C9H13S.C8H10/c1-7-3-4-9-8(5-7)6-10(9)2;1-7-5-3-4-6-8(7)2/h3-4,8H,5-6H2,1-2H3;3-6H,1-2H3/q+1;. The molecule has 0 radical (unpaired) electrons. The van der Waals surface area contributed by atoms with Crippen LogP contribution in [0.1, 0.15) is 24.5 Å². The van der Waals surface area contributed by atoms with Crippen LogP contribution in [0.5, 0.6) is 0 Å². The molecule has 1 fully saturated rings.